The van der Waals surface area contributed by atoms with Crippen molar-refractivity contribution in [2.45, 2.75) is 0 Å². The molecule has 0 radical (unpaired) electrons. The van der Waals surface area contributed by atoms with E-state index in [-0.39, 0.29) is 0 Å². The van der Waals surface area contributed by atoms with Gasteiger partial charge in [0.1, 0.15) is 0 Å². The topological polar surface area (TPSA) is 48.5 Å². The van der Waals surface area contributed by atoms with Crippen LogP contribution in [-0.2, 0) is 0 Å². The maximum atomic E-state index is 5.46. The fourth-order valence-corrected chi connectivity index (χ4v) is 8.06. The minimum absolute atomic E-state index is 0.648. The van der Waals surface area contributed by atoms with Crippen molar-refractivity contribution in [2.75, 3.05) is 0 Å². The van der Waals surface area contributed by atoms with Crippen LogP contribution in [0.3, 0.4) is 0 Å². The van der Waals surface area contributed by atoms with Crippen LogP contribution < -0.4 is 0 Å². The number of hydrogen-bond acceptors (Lipinski definition) is 3. The third-order valence-electron chi connectivity index (χ3n) is 9.97. The molecular formula is C43H25N5. The number of pyridine rings is 1. The first-order chi connectivity index (χ1) is 23.9. The maximum absolute atomic E-state index is 5.46. The van der Waals surface area contributed by atoms with Gasteiger partial charge in [0.25, 0.3) is 0 Å². The molecule has 0 amide bonds. The molecule has 0 spiro atoms. The molecule has 0 bridgehead atoms. The van der Waals surface area contributed by atoms with Crippen molar-refractivity contribution >= 4 is 87.0 Å². The van der Waals surface area contributed by atoms with E-state index >= 15 is 0 Å². The number of rotatable bonds is 2. The summed E-state index contributed by atoms with van der Waals surface area (Å²) in [5.74, 6) is 0.648. The zero-order valence-electron chi connectivity index (χ0n) is 25.7. The second kappa shape index (κ2) is 9.47. The van der Waals surface area contributed by atoms with Gasteiger partial charge < -0.3 is 4.57 Å². The van der Waals surface area contributed by atoms with E-state index in [1.54, 1.807) is 0 Å². The minimum atomic E-state index is 0.648. The standard InChI is InChI=1S/C43H25N5/c1-2-13-26(14-3-1)47-35-22-10-9-20-32(35)38-41-37(33-21-12-24-44-40(33)42(38)47)31-19-8-11-23-36(31)48(41)43-45-25-34-29-17-5-4-15-27(29)28-16-6-7-18-30(28)39(34)46-43/h1-25H. The predicted molar refractivity (Wildman–Crippen MR) is 199 cm³/mol. The van der Waals surface area contributed by atoms with Gasteiger partial charge in [0.2, 0.25) is 5.95 Å². The molecule has 5 heteroatoms. The molecule has 0 fully saturated rings. The summed E-state index contributed by atoms with van der Waals surface area (Å²) in [6, 6.07) is 49.3. The first-order valence-electron chi connectivity index (χ1n) is 16.2. The van der Waals surface area contributed by atoms with E-state index in [0.29, 0.717) is 5.95 Å². The normalized spacial score (nSPS) is 12.2. The van der Waals surface area contributed by atoms with Gasteiger partial charge in [0.15, 0.2) is 0 Å². The Morgan fingerprint density at radius 1 is 0.375 bits per heavy atom. The van der Waals surface area contributed by atoms with E-state index in [4.69, 9.17) is 15.0 Å². The molecule has 0 saturated heterocycles. The Balaban J connectivity index is 1.40. The molecule has 4 heterocycles. The summed E-state index contributed by atoms with van der Waals surface area (Å²) in [5, 5.41) is 11.4. The van der Waals surface area contributed by atoms with Crippen LogP contribution >= 0.6 is 0 Å². The van der Waals surface area contributed by atoms with Crippen molar-refractivity contribution in [2.24, 2.45) is 0 Å². The van der Waals surface area contributed by atoms with Crippen LogP contribution in [0.25, 0.3) is 98.6 Å². The molecule has 4 aromatic heterocycles. The molecule has 11 aromatic rings. The molecule has 5 nitrogen and oxygen atoms in total. The Bertz CT molecular complexity index is 3080. The van der Waals surface area contributed by atoms with Crippen molar-refractivity contribution in [1.82, 2.24) is 24.1 Å². The van der Waals surface area contributed by atoms with Crippen molar-refractivity contribution in [3.63, 3.8) is 0 Å². The van der Waals surface area contributed by atoms with Gasteiger partial charge in [-0.1, -0.05) is 109 Å². The second-order valence-electron chi connectivity index (χ2n) is 12.4. The minimum Gasteiger partial charge on any atom is -0.307 e. The van der Waals surface area contributed by atoms with Crippen LogP contribution in [-0.4, -0.2) is 24.1 Å². The van der Waals surface area contributed by atoms with Gasteiger partial charge in [-0.3, -0.25) is 9.55 Å². The monoisotopic (exact) mass is 611 g/mol. The lowest BCUT2D eigenvalue weighted by Crippen LogP contribution is -2.02. The zero-order valence-corrected chi connectivity index (χ0v) is 25.7. The van der Waals surface area contributed by atoms with Crippen molar-refractivity contribution in [3.8, 4) is 11.6 Å². The fraction of sp³-hybridized carbons (Fsp3) is 0. The number of aromatic nitrogens is 5. The number of benzene rings is 7. The van der Waals surface area contributed by atoms with E-state index < -0.39 is 0 Å². The highest BCUT2D eigenvalue weighted by atomic mass is 15.2. The Morgan fingerprint density at radius 3 is 1.69 bits per heavy atom. The second-order valence-corrected chi connectivity index (χ2v) is 12.4. The Labute approximate surface area is 273 Å². The molecule has 7 aromatic carbocycles. The van der Waals surface area contributed by atoms with Gasteiger partial charge in [0, 0.05) is 55.8 Å². The van der Waals surface area contributed by atoms with Crippen molar-refractivity contribution in [1.29, 1.82) is 0 Å². The highest BCUT2D eigenvalue weighted by molar-refractivity contribution is 6.36. The highest BCUT2D eigenvalue weighted by Crippen LogP contribution is 2.46. The van der Waals surface area contributed by atoms with Crippen LogP contribution in [0.15, 0.2) is 152 Å². The Kier molecular flexibility index (Phi) is 5.05. The molecule has 48 heavy (non-hydrogen) atoms. The van der Waals surface area contributed by atoms with Crippen LogP contribution in [0.1, 0.15) is 0 Å². The van der Waals surface area contributed by atoms with Crippen LogP contribution in [0.4, 0.5) is 0 Å². The first kappa shape index (κ1) is 25.6. The van der Waals surface area contributed by atoms with Gasteiger partial charge in [-0.2, -0.15) is 0 Å². The number of hydrogen-bond donors (Lipinski definition) is 0. The summed E-state index contributed by atoms with van der Waals surface area (Å²) < 4.78 is 4.65. The van der Waals surface area contributed by atoms with Crippen molar-refractivity contribution < 1.29 is 0 Å². The molecule has 0 atom stereocenters. The quantitative estimate of drug-likeness (QED) is 0.183. The number of nitrogens with zero attached hydrogens (tertiary/aromatic N) is 5. The van der Waals surface area contributed by atoms with Gasteiger partial charge in [-0.05, 0) is 46.5 Å². The third kappa shape index (κ3) is 3.27. The average molecular weight is 612 g/mol. The van der Waals surface area contributed by atoms with Crippen LogP contribution in [0.5, 0.6) is 0 Å². The Morgan fingerprint density at radius 2 is 0.938 bits per heavy atom. The summed E-state index contributed by atoms with van der Waals surface area (Å²) in [6.45, 7) is 0. The highest BCUT2D eigenvalue weighted by Gasteiger charge is 2.26. The lowest BCUT2D eigenvalue weighted by molar-refractivity contribution is 1.02. The van der Waals surface area contributed by atoms with Gasteiger partial charge in [-0.15, -0.1) is 0 Å². The zero-order chi connectivity index (χ0) is 31.3. The van der Waals surface area contributed by atoms with E-state index in [1.807, 2.05) is 18.5 Å². The Hall–Kier alpha value is -6.59. The van der Waals surface area contributed by atoms with Gasteiger partial charge in [0.05, 0.1) is 33.1 Å². The summed E-state index contributed by atoms with van der Waals surface area (Å²) >= 11 is 0. The third-order valence-corrected chi connectivity index (χ3v) is 9.97. The maximum Gasteiger partial charge on any atom is 0.235 e. The first-order valence-corrected chi connectivity index (χ1v) is 16.2. The van der Waals surface area contributed by atoms with Crippen molar-refractivity contribution in [3.05, 3.63) is 152 Å². The molecule has 0 aliphatic rings. The molecule has 222 valence electrons. The van der Waals surface area contributed by atoms with E-state index in [2.05, 4.69) is 143 Å². The van der Waals surface area contributed by atoms with E-state index in [9.17, 15) is 0 Å². The SMILES string of the molecule is c1ccc(-n2c3ccccc3c3c2c2ncccc2c2c4ccccc4n(-c4ncc5c6ccccc6c6ccccc6c5n4)c23)cc1. The molecule has 0 unspecified atom stereocenters. The summed E-state index contributed by atoms with van der Waals surface area (Å²) in [4.78, 5) is 15.7. The molecule has 0 aliphatic heterocycles. The fourth-order valence-electron chi connectivity index (χ4n) is 8.06. The van der Waals surface area contributed by atoms with Crippen LogP contribution in [0, 0.1) is 0 Å². The summed E-state index contributed by atoms with van der Waals surface area (Å²) in [5.41, 5.74) is 7.37. The number of fused-ring (bicyclic) bond motifs is 16. The molecule has 0 aliphatic carbocycles. The predicted octanol–water partition coefficient (Wildman–Crippen LogP) is 10.7. The average Bonchev–Trinajstić information content (AvgIpc) is 3.69. The van der Waals surface area contributed by atoms with Crippen LogP contribution in [0.2, 0.25) is 0 Å². The van der Waals surface area contributed by atoms with E-state index in [0.717, 1.165) is 81.9 Å². The molecular weight excluding hydrogens is 587 g/mol. The van der Waals surface area contributed by atoms with E-state index in [1.165, 1.54) is 10.8 Å². The molecule has 0 saturated carbocycles. The lowest BCUT2D eigenvalue weighted by atomic mass is 9.98. The smallest absolute Gasteiger partial charge is 0.235 e. The lowest BCUT2D eigenvalue weighted by Gasteiger charge is -2.13. The summed E-state index contributed by atoms with van der Waals surface area (Å²) in [7, 11) is 0. The summed E-state index contributed by atoms with van der Waals surface area (Å²) in [6.07, 6.45) is 3.92. The van der Waals surface area contributed by atoms with Gasteiger partial charge >= 0.3 is 0 Å². The number of para-hydroxylation sites is 3. The molecule has 0 N–H and O–H groups in total. The molecule has 11 rings (SSSR count). The largest absolute Gasteiger partial charge is 0.307 e. The van der Waals surface area contributed by atoms with Gasteiger partial charge in [-0.25, -0.2) is 9.97 Å².